The van der Waals surface area contributed by atoms with Gasteiger partial charge in [-0.2, -0.15) is 0 Å². The number of benzene rings is 2. The third-order valence-corrected chi connectivity index (χ3v) is 6.26. The quantitative estimate of drug-likeness (QED) is 0.829. The van der Waals surface area contributed by atoms with Crippen LogP contribution in [0.25, 0.3) is 0 Å². The molecule has 2 aromatic carbocycles. The second-order valence-corrected chi connectivity index (χ2v) is 7.76. The van der Waals surface area contributed by atoms with E-state index in [4.69, 9.17) is 0 Å². The van der Waals surface area contributed by atoms with Crippen molar-refractivity contribution in [2.75, 3.05) is 0 Å². The number of hydrogen-bond acceptors (Lipinski definition) is 4. The molecule has 0 spiro atoms. The maximum atomic E-state index is 13.3. The second kappa shape index (κ2) is 6.24. The van der Waals surface area contributed by atoms with Crippen LogP contribution < -0.4 is 0 Å². The Balaban J connectivity index is 1.73. The van der Waals surface area contributed by atoms with Crippen molar-refractivity contribution in [1.82, 2.24) is 0 Å². The van der Waals surface area contributed by atoms with E-state index in [1.54, 1.807) is 24.3 Å². The molecule has 138 valence electrons. The molecule has 0 heterocycles. The van der Waals surface area contributed by atoms with Gasteiger partial charge >= 0.3 is 0 Å². The highest BCUT2D eigenvalue weighted by Gasteiger charge is 2.69. The Hall–Kier alpha value is -2.59. The highest BCUT2D eigenvalue weighted by atomic mass is 16.3. The molecule has 0 amide bonds. The lowest BCUT2D eigenvalue weighted by atomic mass is 9.66. The summed E-state index contributed by atoms with van der Waals surface area (Å²) in [4.78, 5) is 38.9. The number of carbonyl (C=O) groups is 3. The zero-order chi connectivity index (χ0) is 19.2. The van der Waals surface area contributed by atoms with E-state index in [2.05, 4.69) is 0 Å². The molecule has 4 heteroatoms. The lowest BCUT2D eigenvalue weighted by molar-refractivity contribution is -0.148. The molecule has 4 nitrogen and oxygen atoms in total. The van der Waals surface area contributed by atoms with Gasteiger partial charge < -0.3 is 5.11 Å². The molecule has 2 aromatic rings. The second-order valence-electron chi connectivity index (χ2n) is 7.76. The van der Waals surface area contributed by atoms with Crippen LogP contribution in [-0.2, 0) is 21.6 Å². The third kappa shape index (κ3) is 2.43. The summed E-state index contributed by atoms with van der Waals surface area (Å²) >= 11 is 0. The van der Waals surface area contributed by atoms with Gasteiger partial charge in [0.05, 0.1) is 11.3 Å². The normalized spacial score (nSPS) is 28.9. The number of fused-ring (bicyclic) bond motifs is 4. The van der Waals surface area contributed by atoms with Crippen LogP contribution in [0.15, 0.2) is 54.6 Å². The number of aryl methyl sites for hydroxylation is 1. The molecule has 0 aromatic heterocycles. The van der Waals surface area contributed by atoms with E-state index >= 15 is 0 Å². The average molecular weight is 362 g/mol. The fourth-order valence-electron chi connectivity index (χ4n) is 4.89. The van der Waals surface area contributed by atoms with Crippen molar-refractivity contribution in [2.45, 2.75) is 38.2 Å². The Morgan fingerprint density at radius 3 is 2.44 bits per heavy atom. The van der Waals surface area contributed by atoms with Crippen LogP contribution in [0.5, 0.6) is 0 Å². The van der Waals surface area contributed by atoms with Crippen molar-refractivity contribution in [3.63, 3.8) is 0 Å². The summed E-state index contributed by atoms with van der Waals surface area (Å²) in [6.07, 6.45) is 1.83. The summed E-state index contributed by atoms with van der Waals surface area (Å²) in [7, 11) is 0. The fourth-order valence-corrected chi connectivity index (χ4v) is 4.89. The van der Waals surface area contributed by atoms with Crippen LogP contribution in [0.3, 0.4) is 0 Å². The Morgan fingerprint density at radius 1 is 1.07 bits per heavy atom. The minimum absolute atomic E-state index is 0.0972. The molecular weight excluding hydrogens is 340 g/mol. The highest BCUT2D eigenvalue weighted by molar-refractivity contribution is 6.24. The molecule has 2 aliphatic carbocycles. The molecule has 1 fully saturated rings. The average Bonchev–Trinajstić information content (AvgIpc) is 2.87. The highest BCUT2D eigenvalue weighted by Crippen LogP contribution is 2.58. The SMILES string of the molecule is CC(=O)[C@@H]1C[C@@]2(CCCc3ccccc3)C(=O)c3ccccc3[C@]1(O)C2=O. The van der Waals surface area contributed by atoms with Crippen molar-refractivity contribution < 1.29 is 19.5 Å². The van der Waals surface area contributed by atoms with Gasteiger partial charge in [0.25, 0.3) is 0 Å². The van der Waals surface area contributed by atoms with Crippen molar-refractivity contribution in [3.05, 3.63) is 71.3 Å². The molecule has 0 unspecified atom stereocenters. The summed E-state index contributed by atoms with van der Waals surface area (Å²) < 4.78 is 0. The van der Waals surface area contributed by atoms with Crippen LogP contribution in [0.4, 0.5) is 0 Å². The number of aliphatic hydroxyl groups is 1. The van der Waals surface area contributed by atoms with Crippen molar-refractivity contribution in [3.8, 4) is 0 Å². The van der Waals surface area contributed by atoms with Crippen molar-refractivity contribution in [2.24, 2.45) is 11.3 Å². The van der Waals surface area contributed by atoms with E-state index < -0.39 is 22.7 Å². The molecule has 4 rings (SSSR count). The summed E-state index contributed by atoms with van der Waals surface area (Å²) in [5.41, 5.74) is -1.38. The number of Topliss-reactive ketones (excluding diaryl/α,β-unsaturated/α-hetero) is 3. The van der Waals surface area contributed by atoms with Gasteiger partial charge in [0.15, 0.2) is 17.2 Å². The Kier molecular flexibility index (Phi) is 4.11. The van der Waals surface area contributed by atoms with E-state index in [9.17, 15) is 19.5 Å². The summed E-state index contributed by atoms with van der Waals surface area (Å²) in [5.74, 6) is -1.86. The predicted octanol–water partition coefficient (Wildman–Crippen LogP) is 3.26. The molecular formula is C23H22O4. The van der Waals surface area contributed by atoms with E-state index in [0.717, 1.165) is 12.0 Å². The van der Waals surface area contributed by atoms with E-state index in [-0.39, 0.29) is 23.6 Å². The van der Waals surface area contributed by atoms with Crippen LogP contribution in [0.1, 0.15) is 47.7 Å². The first-order valence-electron chi connectivity index (χ1n) is 9.37. The van der Waals surface area contributed by atoms with Gasteiger partial charge in [0, 0.05) is 11.1 Å². The van der Waals surface area contributed by atoms with Gasteiger partial charge in [-0.15, -0.1) is 0 Å². The lowest BCUT2D eigenvalue weighted by Crippen LogP contribution is -2.50. The number of ketones is 3. The maximum Gasteiger partial charge on any atom is 0.183 e. The van der Waals surface area contributed by atoms with Gasteiger partial charge in [-0.1, -0.05) is 54.6 Å². The van der Waals surface area contributed by atoms with Crippen LogP contribution >= 0.6 is 0 Å². The maximum absolute atomic E-state index is 13.3. The summed E-state index contributed by atoms with van der Waals surface area (Å²) in [6.45, 7) is 1.39. The smallest absolute Gasteiger partial charge is 0.183 e. The topological polar surface area (TPSA) is 71.4 Å². The van der Waals surface area contributed by atoms with E-state index in [0.29, 0.717) is 18.4 Å². The standard InChI is InChI=1S/C23H22O4/c1-15(24)19-14-22(13-7-10-16-8-3-2-4-9-16)20(25)17-11-5-6-12-18(17)23(19,27)21(22)26/h2-6,8-9,11-12,19,27H,7,10,13-14H2,1H3/t19-,22-,23+/m0/s1. The predicted molar refractivity (Wildman–Crippen MR) is 100 cm³/mol. The Bertz CT molecular complexity index is 932. The van der Waals surface area contributed by atoms with E-state index in [1.165, 1.54) is 6.92 Å². The molecule has 0 radical (unpaired) electrons. The zero-order valence-electron chi connectivity index (χ0n) is 15.3. The molecule has 0 aliphatic heterocycles. The van der Waals surface area contributed by atoms with Crippen LogP contribution in [-0.4, -0.2) is 22.5 Å². The van der Waals surface area contributed by atoms with Crippen LogP contribution in [0, 0.1) is 11.3 Å². The zero-order valence-corrected chi connectivity index (χ0v) is 15.3. The van der Waals surface area contributed by atoms with Crippen molar-refractivity contribution >= 4 is 17.3 Å². The first-order valence-corrected chi connectivity index (χ1v) is 9.37. The van der Waals surface area contributed by atoms with Gasteiger partial charge in [-0.25, -0.2) is 0 Å². The minimum Gasteiger partial charge on any atom is -0.376 e. The van der Waals surface area contributed by atoms with Gasteiger partial charge in [0.2, 0.25) is 0 Å². The molecule has 1 N–H and O–H groups in total. The summed E-state index contributed by atoms with van der Waals surface area (Å²) in [6, 6.07) is 16.6. The molecule has 3 atom stereocenters. The molecule has 2 aliphatic rings. The molecule has 1 saturated carbocycles. The third-order valence-electron chi connectivity index (χ3n) is 6.26. The first kappa shape index (κ1) is 17.8. The van der Waals surface area contributed by atoms with Gasteiger partial charge in [0.1, 0.15) is 5.78 Å². The monoisotopic (exact) mass is 362 g/mol. The van der Waals surface area contributed by atoms with E-state index in [1.807, 2.05) is 30.3 Å². The number of hydrogen-bond donors (Lipinski definition) is 1. The first-order chi connectivity index (χ1) is 12.9. The van der Waals surface area contributed by atoms with Crippen molar-refractivity contribution in [1.29, 1.82) is 0 Å². The molecule has 27 heavy (non-hydrogen) atoms. The number of rotatable bonds is 5. The Labute approximate surface area is 158 Å². The molecule has 0 saturated heterocycles. The molecule has 2 bridgehead atoms. The lowest BCUT2D eigenvalue weighted by Gasteiger charge is -2.36. The minimum atomic E-state index is -1.89. The van der Waals surface area contributed by atoms with Gasteiger partial charge in [-0.3, -0.25) is 14.4 Å². The van der Waals surface area contributed by atoms with Crippen LogP contribution in [0.2, 0.25) is 0 Å². The van der Waals surface area contributed by atoms with Gasteiger partial charge in [-0.05, 0) is 38.2 Å². The number of carbonyl (C=O) groups excluding carboxylic acids is 3. The summed E-state index contributed by atoms with van der Waals surface area (Å²) in [5, 5.41) is 11.3. The largest absolute Gasteiger partial charge is 0.376 e. The fraction of sp³-hybridized carbons (Fsp3) is 0.348. The Morgan fingerprint density at radius 2 is 1.74 bits per heavy atom.